The number of carbonyl (C=O) groups is 1. The maximum atomic E-state index is 14.4. The van der Waals surface area contributed by atoms with Gasteiger partial charge in [0, 0.05) is 39.6 Å². The van der Waals surface area contributed by atoms with E-state index in [9.17, 15) is 13.2 Å². The minimum Gasteiger partial charge on any atom is -0.494 e. The van der Waals surface area contributed by atoms with E-state index in [-0.39, 0.29) is 19.8 Å². The van der Waals surface area contributed by atoms with E-state index < -0.39 is 21.4 Å². The van der Waals surface area contributed by atoms with Gasteiger partial charge in [-0.3, -0.25) is 15.6 Å². The standard InChI is InChI=1S/C41H49N6O4S.H2/c1-8-27-23-47(52(49,50)36-15-11-10-14-31(36)34-20-33(27)34)24-29-19-28(17-16-25(29)3)37(41(5,6)40(48)45-30-13-12-18-43-22-30)32-21-35(51-7)39(44-9-2)38(46-42)26(32)4;/h10-22,27,37,44,46H,8-9,23-24,42H2,1-7H3,(H,45,48);1H/t27-,37+;/m1./s1. The summed E-state index contributed by atoms with van der Waals surface area (Å²) in [5.74, 6) is 6.11. The molecule has 0 fully saturated rings. The molecule has 2 aliphatic rings. The zero-order valence-electron chi connectivity index (χ0n) is 31.0. The summed E-state index contributed by atoms with van der Waals surface area (Å²) in [5.41, 5.74) is 11.2. The molecule has 1 amide bonds. The molecule has 0 saturated carbocycles. The van der Waals surface area contributed by atoms with Gasteiger partial charge in [-0.2, -0.15) is 4.31 Å². The molecule has 2 atom stereocenters. The average Bonchev–Trinajstić information content (AvgIpc) is 3.93. The predicted octanol–water partition coefficient (Wildman–Crippen LogP) is 7.67. The van der Waals surface area contributed by atoms with E-state index in [0.29, 0.717) is 35.1 Å². The van der Waals surface area contributed by atoms with Crippen LogP contribution in [0.5, 0.6) is 5.75 Å². The van der Waals surface area contributed by atoms with Gasteiger partial charge in [-0.1, -0.05) is 62.7 Å². The topological polar surface area (TPSA) is 139 Å². The highest BCUT2D eigenvalue weighted by Gasteiger charge is 2.42. The third-order valence-electron chi connectivity index (χ3n) is 10.6. The number of hydrogen-bond donors (Lipinski definition) is 4. The van der Waals surface area contributed by atoms with Crippen molar-refractivity contribution in [3.05, 3.63) is 118 Å². The van der Waals surface area contributed by atoms with Crippen LogP contribution in [0.1, 0.15) is 74.8 Å². The molecule has 10 nitrogen and oxygen atoms in total. The van der Waals surface area contributed by atoms with Crippen molar-refractivity contribution >= 4 is 38.6 Å². The highest BCUT2D eigenvalue weighted by atomic mass is 32.2. The molecule has 1 aliphatic carbocycles. The number of anilines is 3. The molecule has 3 aromatic carbocycles. The molecule has 1 radical (unpaired) electrons. The molecule has 4 aromatic rings. The van der Waals surface area contributed by atoms with E-state index >= 15 is 0 Å². The second-order valence-electron chi connectivity index (χ2n) is 14.2. The van der Waals surface area contributed by atoms with E-state index in [4.69, 9.17) is 10.6 Å². The van der Waals surface area contributed by atoms with Gasteiger partial charge in [-0.05, 0) is 96.3 Å². The number of hydrogen-bond acceptors (Lipinski definition) is 8. The van der Waals surface area contributed by atoms with E-state index in [2.05, 4.69) is 40.5 Å². The number of nitrogens with one attached hydrogen (secondary N) is 3. The molecule has 0 bridgehead atoms. The van der Waals surface area contributed by atoms with Crippen LogP contribution in [0.4, 0.5) is 17.1 Å². The molecule has 0 saturated heterocycles. The minimum absolute atomic E-state index is 0. The zero-order chi connectivity index (χ0) is 37.4. The lowest BCUT2D eigenvalue weighted by Crippen LogP contribution is -2.38. The van der Waals surface area contributed by atoms with E-state index in [1.165, 1.54) is 5.57 Å². The Balaban J connectivity index is 0.00000541. The van der Waals surface area contributed by atoms with E-state index in [1.54, 1.807) is 48.1 Å². The van der Waals surface area contributed by atoms with Crippen LogP contribution in [-0.4, -0.2) is 43.8 Å². The third kappa shape index (κ3) is 6.80. The number of benzene rings is 3. The number of rotatable bonds is 12. The van der Waals surface area contributed by atoms with Gasteiger partial charge in [0.05, 0.1) is 35.0 Å². The molecule has 0 spiro atoms. The number of ether oxygens (including phenoxy) is 1. The zero-order valence-corrected chi connectivity index (χ0v) is 31.8. The molecule has 275 valence electrons. The van der Waals surface area contributed by atoms with Gasteiger partial charge >= 0.3 is 0 Å². The number of amides is 1. The Morgan fingerprint density at radius 2 is 1.87 bits per heavy atom. The van der Waals surface area contributed by atoms with Crippen molar-refractivity contribution in [3.8, 4) is 5.75 Å². The smallest absolute Gasteiger partial charge is 0.244 e. The fraction of sp³-hybridized carbons (Fsp3) is 0.341. The molecule has 5 N–H and O–H groups in total. The van der Waals surface area contributed by atoms with Crippen molar-refractivity contribution in [2.75, 3.05) is 36.3 Å². The number of sulfonamides is 1. The SMILES string of the molecule is CCNc1c(OC)cc([C@H](c2ccc(C)c(CN3C[C@@H](CC)C4=C([CH]4)c4ccccc4S3(=O)=O)c2)C(C)(C)C(=O)Nc2cccnc2)c(C)c1NN.[HH]. The Hall–Kier alpha value is -4.71. The third-order valence-corrected chi connectivity index (χ3v) is 12.4. The number of hydrazine groups is 1. The normalized spacial score (nSPS) is 17.3. The van der Waals surface area contributed by atoms with Gasteiger partial charge in [-0.25, -0.2) is 8.42 Å². The first-order valence-electron chi connectivity index (χ1n) is 17.8. The lowest BCUT2D eigenvalue weighted by molar-refractivity contribution is -0.124. The number of allylic oxidation sites excluding steroid dienone is 1. The number of nitrogens with zero attached hydrogens (tertiary/aromatic N) is 2. The highest BCUT2D eigenvalue weighted by molar-refractivity contribution is 7.89. The van der Waals surface area contributed by atoms with Gasteiger partial charge in [0.1, 0.15) is 11.4 Å². The van der Waals surface area contributed by atoms with Crippen LogP contribution in [0.15, 0.2) is 83.5 Å². The van der Waals surface area contributed by atoms with Crippen molar-refractivity contribution in [1.29, 1.82) is 0 Å². The molecular formula is C41H51N6O4S. The van der Waals surface area contributed by atoms with Crippen molar-refractivity contribution in [2.45, 2.75) is 65.3 Å². The first-order valence-corrected chi connectivity index (χ1v) is 19.2. The van der Waals surface area contributed by atoms with Crippen molar-refractivity contribution in [2.24, 2.45) is 17.2 Å². The maximum absolute atomic E-state index is 14.4. The molecule has 52 heavy (non-hydrogen) atoms. The molecule has 2 heterocycles. The number of nitrogens with two attached hydrogens (primary N) is 1. The van der Waals surface area contributed by atoms with Gasteiger partial charge in [-0.15, -0.1) is 0 Å². The van der Waals surface area contributed by atoms with E-state index in [0.717, 1.165) is 51.1 Å². The summed E-state index contributed by atoms with van der Waals surface area (Å²) >= 11 is 0. The summed E-state index contributed by atoms with van der Waals surface area (Å²) in [6.07, 6.45) is 6.23. The molecule has 1 aliphatic heterocycles. The summed E-state index contributed by atoms with van der Waals surface area (Å²) in [4.78, 5) is 18.9. The van der Waals surface area contributed by atoms with Crippen LogP contribution in [-0.2, 0) is 21.4 Å². The molecule has 6 rings (SSSR count). The van der Waals surface area contributed by atoms with Crippen LogP contribution in [0.3, 0.4) is 0 Å². The fourth-order valence-corrected chi connectivity index (χ4v) is 9.20. The van der Waals surface area contributed by atoms with Crippen LogP contribution in [0.2, 0.25) is 0 Å². The quantitative estimate of drug-likeness (QED) is 0.0863. The molecule has 11 heteroatoms. The Bertz CT molecular complexity index is 2140. The number of nitrogen functional groups attached to an aromatic ring is 1. The molecule has 0 unspecified atom stereocenters. The average molecular weight is 724 g/mol. The lowest BCUT2D eigenvalue weighted by Gasteiger charge is -2.36. The van der Waals surface area contributed by atoms with Gasteiger partial charge in [0.15, 0.2) is 0 Å². The number of aromatic nitrogens is 1. The van der Waals surface area contributed by atoms with Crippen LogP contribution in [0, 0.1) is 31.6 Å². The minimum atomic E-state index is -3.84. The predicted molar refractivity (Wildman–Crippen MR) is 211 cm³/mol. The monoisotopic (exact) mass is 723 g/mol. The molecule has 1 aromatic heterocycles. The number of pyridine rings is 1. The summed E-state index contributed by atoms with van der Waals surface area (Å²) in [5, 5.41) is 6.44. The number of fused-ring (bicyclic) bond motifs is 2. The van der Waals surface area contributed by atoms with Crippen molar-refractivity contribution in [1.82, 2.24) is 9.29 Å². The van der Waals surface area contributed by atoms with Crippen molar-refractivity contribution in [3.63, 3.8) is 0 Å². The largest absolute Gasteiger partial charge is 0.494 e. The fourth-order valence-electron chi connectivity index (χ4n) is 7.53. The maximum Gasteiger partial charge on any atom is 0.244 e. The van der Waals surface area contributed by atoms with Crippen LogP contribution < -0.4 is 26.6 Å². The lowest BCUT2D eigenvalue weighted by atomic mass is 9.69. The Morgan fingerprint density at radius 1 is 1.10 bits per heavy atom. The highest BCUT2D eigenvalue weighted by Crippen LogP contribution is 2.50. The number of aryl methyl sites for hydroxylation is 1. The van der Waals surface area contributed by atoms with Crippen molar-refractivity contribution < 1.29 is 19.4 Å². The van der Waals surface area contributed by atoms with Crippen LogP contribution >= 0.6 is 0 Å². The van der Waals surface area contributed by atoms with Crippen LogP contribution in [0.25, 0.3) is 5.57 Å². The second kappa shape index (κ2) is 14.7. The van der Waals surface area contributed by atoms with Gasteiger partial charge in [0.25, 0.3) is 0 Å². The second-order valence-corrected chi connectivity index (χ2v) is 16.1. The Morgan fingerprint density at radius 3 is 2.54 bits per heavy atom. The summed E-state index contributed by atoms with van der Waals surface area (Å²) in [7, 11) is -2.23. The number of carbonyl (C=O) groups excluding carboxylic acids is 1. The van der Waals surface area contributed by atoms with Gasteiger partial charge < -0.3 is 20.8 Å². The first-order chi connectivity index (χ1) is 24.9. The number of methoxy groups -OCH3 is 1. The molecular weight excluding hydrogens is 673 g/mol. The summed E-state index contributed by atoms with van der Waals surface area (Å²) in [6.45, 7) is 13.1. The van der Waals surface area contributed by atoms with Gasteiger partial charge in [0.2, 0.25) is 15.9 Å². The Kier molecular flexibility index (Phi) is 10.5. The summed E-state index contributed by atoms with van der Waals surface area (Å²) < 4.78 is 36.4. The first kappa shape index (κ1) is 37.1. The summed E-state index contributed by atoms with van der Waals surface area (Å²) in [6, 6.07) is 19.0. The Labute approximate surface area is 309 Å². The van der Waals surface area contributed by atoms with E-state index in [1.807, 2.05) is 65.0 Å².